The van der Waals surface area contributed by atoms with E-state index >= 15 is 0 Å². The minimum absolute atomic E-state index is 0.0368. The summed E-state index contributed by atoms with van der Waals surface area (Å²) in [6, 6.07) is 18.2. The maximum absolute atomic E-state index is 11.7. The van der Waals surface area contributed by atoms with E-state index in [2.05, 4.69) is 46.6 Å². The number of carbonyl (C=O) groups excluding carboxylic acids is 1. The molecule has 0 atom stereocenters. The standard InChI is InChI=1S/C26H29N5O2/c1-17(2)14-28-25-23-22(18-8-6-5-7-9-18)24(33-26(23)30-16-29-25)19-10-12-20(13-11-19)31(4)15-21(32)27-3/h5-13,16-17H,14-15H2,1-4H3,(H,27,32)(H,28,29,30). The van der Waals surface area contributed by atoms with Crippen molar-refractivity contribution in [3.8, 4) is 22.5 Å². The van der Waals surface area contributed by atoms with Crippen molar-refractivity contribution in [2.45, 2.75) is 13.8 Å². The number of aromatic nitrogens is 2. The molecule has 2 aromatic heterocycles. The zero-order valence-corrected chi connectivity index (χ0v) is 19.4. The van der Waals surface area contributed by atoms with E-state index in [1.807, 2.05) is 54.4 Å². The first kappa shape index (κ1) is 22.3. The summed E-state index contributed by atoms with van der Waals surface area (Å²) < 4.78 is 6.30. The minimum atomic E-state index is -0.0368. The largest absolute Gasteiger partial charge is 0.437 e. The summed E-state index contributed by atoms with van der Waals surface area (Å²) in [5, 5.41) is 6.98. The monoisotopic (exact) mass is 443 g/mol. The number of amides is 1. The highest BCUT2D eigenvalue weighted by Crippen LogP contribution is 2.42. The summed E-state index contributed by atoms with van der Waals surface area (Å²) in [4.78, 5) is 22.6. The number of fused-ring (bicyclic) bond motifs is 1. The van der Waals surface area contributed by atoms with Gasteiger partial charge in [0.1, 0.15) is 17.9 Å². The molecule has 2 N–H and O–H groups in total. The molecule has 33 heavy (non-hydrogen) atoms. The van der Waals surface area contributed by atoms with Gasteiger partial charge in [-0.05, 0) is 35.7 Å². The normalized spacial score (nSPS) is 11.1. The Labute approximate surface area is 193 Å². The number of hydrogen-bond acceptors (Lipinski definition) is 6. The molecule has 0 spiro atoms. The third-order valence-electron chi connectivity index (χ3n) is 5.46. The van der Waals surface area contributed by atoms with Gasteiger partial charge in [0.2, 0.25) is 11.6 Å². The number of carbonyl (C=O) groups is 1. The predicted octanol–water partition coefficient (Wildman–Crippen LogP) is 4.81. The van der Waals surface area contributed by atoms with E-state index in [1.54, 1.807) is 7.05 Å². The fourth-order valence-corrected chi connectivity index (χ4v) is 3.70. The smallest absolute Gasteiger partial charge is 0.239 e. The van der Waals surface area contributed by atoms with Crippen molar-refractivity contribution >= 4 is 28.5 Å². The van der Waals surface area contributed by atoms with Gasteiger partial charge in [0.25, 0.3) is 0 Å². The zero-order valence-electron chi connectivity index (χ0n) is 19.4. The number of likely N-dealkylation sites (N-methyl/N-ethyl adjacent to an activating group) is 2. The van der Waals surface area contributed by atoms with E-state index in [1.165, 1.54) is 6.33 Å². The van der Waals surface area contributed by atoms with Crippen molar-refractivity contribution in [3.63, 3.8) is 0 Å². The lowest BCUT2D eigenvalue weighted by Gasteiger charge is -2.18. The molecular weight excluding hydrogens is 414 g/mol. The van der Waals surface area contributed by atoms with Crippen LogP contribution in [0.5, 0.6) is 0 Å². The number of furan rings is 1. The number of nitrogens with zero attached hydrogens (tertiary/aromatic N) is 3. The second kappa shape index (κ2) is 9.73. The van der Waals surface area contributed by atoms with Crippen LogP contribution in [-0.4, -0.2) is 43.1 Å². The van der Waals surface area contributed by atoms with Gasteiger partial charge in [0.15, 0.2) is 0 Å². The molecule has 0 saturated carbocycles. The van der Waals surface area contributed by atoms with Gasteiger partial charge >= 0.3 is 0 Å². The first-order chi connectivity index (χ1) is 16.0. The summed E-state index contributed by atoms with van der Waals surface area (Å²) in [7, 11) is 3.53. The third kappa shape index (κ3) is 4.82. The molecule has 7 heteroatoms. The van der Waals surface area contributed by atoms with E-state index in [4.69, 9.17) is 4.42 Å². The lowest BCUT2D eigenvalue weighted by Crippen LogP contribution is -2.32. The number of rotatable bonds is 8. The highest BCUT2D eigenvalue weighted by atomic mass is 16.3. The van der Waals surface area contributed by atoms with Crippen LogP contribution < -0.4 is 15.5 Å². The number of hydrogen-bond donors (Lipinski definition) is 2. The number of nitrogens with one attached hydrogen (secondary N) is 2. The number of benzene rings is 2. The SMILES string of the molecule is CNC(=O)CN(C)c1ccc(-c2oc3ncnc(NCC(C)C)c3c2-c2ccccc2)cc1. The predicted molar refractivity (Wildman–Crippen MR) is 133 cm³/mol. The first-order valence-electron chi connectivity index (χ1n) is 11.1. The summed E-state index contributed by atoms with van der Waals surface area (Å²) in [6.45, 7) is 5.41. The topological polar surface area (TPSA) is 83.3 Å². The van der Waals surface area contributed by atoms with Crippen molar-refractivity contribution in [2.24, 2.45) is 5.92 Å². The highest BCUT2D eigenvalue weighted by molar-refractivity contribution is 6.05. The first-order valence-corrected chi connectivity index (χ1v) is 11.1. The maximum Gasteiger partial charge on any atom is 0.239 e. The Morgan fingerprint density at radius 3 is 2.42 bits per heavy atom. The summed E-state index contributed by atoms with van der Waals surface area (Å²) >= 11 is 0. The lowest BCUT2D eigenvalue weighted by molar-refractivity contribution is -0.119. The Balaban J connectivity index is 1.81. The van der Waals surface area contributed by atoms with E-state index in [0.717, 1.165) is 45.9 Å². The quantitative estimate of drug-likeness (QED) is 0.407. The van der Waals surface area contributed by atoms with Crippen LogP contribution in [0.15, 0.2) is 65.3 Å². The second-order valence-electron chi connectivity index (χ2n) is 8.43. The highest BCUT2D eigenvalue weighted by Gasteiger charge is 2.22. The van der Waals surface area contributed by atoms with Crippen LogP contribution in [-0.2, 0) is 4.79 Å². The van der Waals surface area contributed by atoms with Crippen molar-refractivity contribution in [1.82, 2.24) is 15.3 Å². The fraction of sp³-hybridized carbons (Fsp3) is 0.269. The molecule has 0 aliphatic rings. The molecule has 4 aromatic rings. The lowest BCUT2D eigenvalue weighted by atomic mass is 9.99. The summed E-state index contributed by atoms with van der Waals surface area (Å²) in [5.41, 5.74) is 4.42. The summed E-state index contributed by atoms with van der Waals surface area (Å²) in [6.07, 6.45) is 1.53. The molecule has 7 nitrogen and oxygen atoms in total. The molecule has 170 valence electrons. The van der Waals surface area contributed by atoms with Crippen molar-refractivity contribution in [1.29, 1.82) is 0 Å². The molecule has 1 amide bonds. The molecule has 2 aromatic carbocycles. The van der Waals surface area contributed by atoms with Crippen LogP contribution >= 0.6 is 0 Å². The Kier molecular flexibility index (Phi) is 6.58. The van der Waals surface area contributed by atoms with Crippen molar-refractivity contribution in [3.05, 3.63) is 60.9 Å². The molecule has 0 radical (unpaired) electrons. The van der Waals surface area contributed by atoms with Gasteiger partial charge in [-0.25, -0.2) is 9.97 Å². The van der Waals surface area contributed by atoms with E-state index in [-0.39, 0.29) is 12.5 Å². The Bertz CT molecular complexity index is 1230. The van der Waals surface area contributed by atoms with Crippen LogP contribution in [0.25, 0.3) is 33.6 Å². The Morgan fingerprint density at radius 2 is 1.76 bits per heavy atom. The van der Waals surface area contributed by atoms with Crippen LogP contribution in [0.1, 0.15) is 13.8 Å². The van der Waals surface area contributed by atoms with Gasteiger partial charge < -0.3 is 20.0 Å². The molecule has 4 rings (SSSR count). The van der Waals surface area contributed by atoms with Crippen LogP contribution in [0, 0.1) is 5.92 Å². The fourth-order valence-electron chi connectivity index (χ4n) is 3.70. The Hall–Kier alpha value is -3.87. The molecular formula is C26H29N5O2. The van der Waals surface area contributed by atoms with Gasteiger partial charge in [-0.15, -0.1) is 0 Å². The Morgan fingerprint density at radius 1 is 1.03 bits per heavy atom. The van der Waals surface area contributed by atoms with E-state index in [0.29, 0.717) is 11.6 Å². The average Bonchev–Trinajstić information content (AvgIpc) is 3.23. The molecule has 0 aliphatic heterocycles. The third-order valence-corrected chi connectivity index (χ3v) is 5.46. The molecule has 0 unspecified atom stereocenters. The molecule has 2 heterocycles. The van der Waals surface area contributed by atoms with Gasteiger partial charge in [-0.2, -0.15) is 0 Å². The molecule has 0 fully saturated rings. The van der Waals surface area contributed by atoms with Gasteiger partial charge in [0, 0.05) is 37.5 Å². The molecule has 0 bridgehead atoms. The van der Waals surface area contributed by atoms with Crippen LogP contribution in [0.2, 0.25) is 0 Å². The van der Waals surface area contributed by atoms with Crippen LogP contribution in [0.4, 0.5) is 11.5 Å². The molecule has 0 saturated heterocycles. The van der Waals surface area contributed by atoms with Crippen molar-refractivity contribution < 1.29 is 9.21 Å². The van der Waals surface area contributed by atoms with E-state index < -0.39 is 0 Å². The van der Waals surface area contributed by atoms with Gasteiger partial charge in [-0.1, -0.05) is 44.2 Å². The summed E-state index contributed by atoms with van der Waals surface area (Å²) in [5.74, 6) is 1.94. The average molecular weight is 444 g/mol. The minimum Gasteiger partial charge on any atom is -0.437 e. The second-order valence-corrected chi connectivity index (χ2v) is 8.43. The number of anilines is 2. The van der Waals surface area contributed by atoms with Crippen LogP contribution in [0.3, 0.4) is 0 Å². The van der Waals surface area contributed by atoms with Crippen molar-refractivity contribution in [2.75, 3.05) is 37.4 Å². The molecule has 0 aliphatic carbocycles. The zero-order chi connectivity index (χ0) is 23.4. The van der Waals surface area contributed by atoms with Gasteiger partial charge in [-0.3, -0.25) is 4.79 Å². The maximum atomic E-state index is 11.7. The van der Waals surface area contributed by atoms with E-state index in [9.17, 15) is 4.79 Å². The van der Waals surface area contributed by atoms with Gasteiger partial charge in [0.05, 0.1) is 11.9 Å².